The Hall–Kier alpha value is -2.43. The second-order valence-electron chi connectivity index (χ2n) is 4.35. The number of anilines is 1. The second-order valence-corrected chi connectivity index (χ2v) is 4.35. The van der Waals surface area contributed by atoms with Gasteiger partial charge in [0.15, 0.2) is 0 Å². The monoisotopic (exact) mass is 259 g/mol. The minimum atomic E-state index is -1.05. The summed E-state index contributed by atoms with van der Waals surface area (Å²) < 4.78 is 10.4. The zero-order valence-corrected chi connectivity index (χ0v) is 10.2. The lowest BCUT2D eigenvalue weighted by Gasteiger charge is -2.07. The molecule has 0 bridgehead atoms. The number of benzene rings is 1. The van der Waals surface area contributed by atoms with Gasteiger partial charge in [-0.3, -0.25) is 0 Å². The van der Waals surface area contributed by atoms with E-state index in [9.17, 15) is 4.79 Å². The molecule has 0 spiro atoms. The quantitative estimate of drug-likeness (QED) is 0.882. The van der Waals surface area contributed by atoms with Gasteiger partial charge in [-0.05, 0) is 29.8 Å². The second kappa shape index (κ2) is 4.68. The minimum Gasteiger partial charge on any atom is -0.493 e. The Morgan fingerprint density at radius 1 is 1.37 bits per heavy atom. The van der Waals surface area contributed by atoms with Crippen LogP contribution >= 0.6 is 0 Å². The molecule has 1 aliphatic heterocycles. The van der Waals surface area contributed by atoms with E-state index < -0.39 is 5.97 Å². The number of rotatable bonds is 4. The van der Waals surface area contributed by atoms with Gasteiger partial charge in [0, 0.05) is 24.2 Å². The standard InChI is InChI=1S/C14H13NO4/c16-14(17)13-10(4-6-19-13)8-15-11-1-2-12-9(7-11)3-5-18-12/h1-2,4,6-7,15H,3,5,8H2,(H,16,17). The van der Waals surface area contributed by atoms with Gasteiger partial charge in [-0.2, -0.15) is 0 Å². The van der Waals surface area contributed by atoms with Crippen molar-refractivity contribution in [2.75, 3.05) is 11.9 Å². The predicted molar refractivity (Wildman–Crippen MR) is 68.6 cm³/mol. The third-order valence-electron chi connectivity index (χ3n) is 3.11. The van der Waals surface area contributed by atoms with Crippen molar-refractivity contribution in [1.29, 1.82) is 0 Å². The van der Waals surface area contributed by atoms with Gasteiger partial charge >= 0.3 is 5.97 Å². The Bertz CT molecular complexity index is 618. The topological polar surface area (TPSA) is 71.7 Å². The van der Waals surface area contributed by atoms with Crippen LogP contribution in [0.15, 0.2) is 34.9 Å². The van der Waals surface area contributed by atoms with E-state index in [0.29, 0.717) is 12.1 Å². The van der Waals surface area contributed by atoms with Gasteiger partial charge in [-0.25, -0.2) is 4.79 Å². The molecular formula is C14H13NO4. The van der Waals surface area contributed by atoms with Gasteiger partial charge in [-0.15, -0.1) is 0 Å². The molecule has 2 aromatic rings. The zero-order chi connectivity index (χ0) is 13.2. The lowest BCUT2D eigenvalue weighted by Crippen LogP contribution is -2.04. The fourth-order valence-electron chi connectivity index (χ4n) is 2.16. The molecule has 3 rings (SSSR count). The van der Waals surface area contributed by atoms with Crippen molar-refractivity contribution in [3.63, 3.8) is 0 Å². The highest BCUT2D eigenvalue weighted by molar-refractivity contribution is 5.86. The maximum absolute atomic E-state index is 10.9. The number of fused-ring (bicyclic) bond motifs is 1. The lowest BCUT2D eigenvalue weighted by molar-refractivity contribution is 0.0661. The van der Waals surface area contributed by atoms with Crippen molar-refractivity contribution >= 4 is 11.7 Å². The number of hydrogen-bond acceptors (Lipinski definition) is 4. The molecule has 0 amide bonds. The highest BCUT2D eigenvalue weighted by Gasteiger charge is 2.15. The average Bonchev–Trinajstić information content (AvgIpc) is 3.04. The van der Waals surface area contributed by atoms with Crippen LogP contribution in [0.4, 0.5) is 5.69 Å². The number of aromatic carboxylic acids is 1. The molecule has 0 atom stereocenters. The first-order chi connectivity index (χ1) is 9.24. The molecule has 1 aromatic carbocycles. The Kier molecular flexibility index (Phi) is 2.87. The molecule has 1 aromatic heterocycles. The molecule has 2 N–H and O–H groups in total. The van der Waals surface area contributed by atoms with Crippen LogP contribution in [0.3, 0.4) is 0 Å². The van der Waals surface area contributed by atoms with E-state index in [2.05, 4.69) is 5.32 Å². The van der Waals surface area contributed by atoms with Crippen LogP contribution in [0, 0.1) is 0 Å². The molecule has 0 fully saturated rings. The largest absolute Gasteiger partial charge is 0.493 e. The fourth-order valence-corrected chi connectivity index (χ4v) is 2.16. The van der Waals surface area contributed by atoms with Crippen LogP contribution in [0.1, 0.15) is 21.7 Å². The summed E-state index contributed by atoms with van der Waals surface area (Å²) in [5.41, 5.74) is 2.75. The van der Waals surface area contributed by atoms with Gasteiger partial charge < -0.3 is 19.6 Å². The number of carboxylic acid groups (broad SMARTS) is 1. The normalized spacial score (nSPS) is 12.8. The summed E-state index contributed by atoms with van der Waals surface area (Å²) in [6.07, 6.45) is 2.30. The Morgan fingerprint density at radius 3 is 3.11 bits per heavy atom. The van der Waals surface area contributed by atoms with Gasteiger partial charge in [0.1, 0.15) is 5.75 Å². The highest BCUT2D eigenvalue weighted by atomic mass is 16.5. The minimum absolute atomic E-state index is 0.0167. The average molecular weight is 259 g/mol. The van der Waals surface area contributed by atoms with Crippen molar-refractivity contribution in [1.82, 2.24) is 0 Å². The van der Waals surface area contributed by atoms with Gasteiger partial charge in [-0.1, -0.05) is 0 Å². The van der Waals surface area contributed by atoms with E-state index in [4.69, 9.17) is 14.3 Å². The first kappa shape index (κ1) is 11.6. The summed E-state index contributed by atoms with van der Waals surface area (Å²) in [7, 11) is 0. The van der Waals surface area contributed by atoms with E-state index in [1.807, 2.05) is 18.2 Å². The number of carbonyl (C=O) groups is 1. The predicted octanol–water partition coefficient (Wildman–Crippen LogP) is 2.52. The summed E-state index contributed by atoms with van der Waals surface area (Å²) in [4.78, 5) is 10.9. The molecule has 5 nitrogen and oxygen atoms in total. The molecule has 0 saturated heterocycles. The summed E-state index contributed by atoms with van der Waals surface area (Å²) in [6.45, 7) is 1.14. The summed E-state index contributed by atoms with van der Waals surface area (Å²) in [6, 6.07) is 7.54. The first-order valence-electron chi connectivity index (χ1n) is 6.03. The van der Waals surface area contributed by atoms with E-state index in [-0.39, 0.29) is 5.76 Å². The lowest BCUT2D eigenvalue weighted by atomic mass is 10.1. The molecule has 98 valence electrons. The Morgan fingerprint density at radius 2 is 2.26 bits per heavy atom. The van der Waals surface area contributed by atoms with E-state index >= 15 is 0 Å². The fraction of sp³-hybridized carbons (Fsp3) is 0.214. The van der Waals surface area contributed by atoms with Crippen LogP contribution in [0.25, 0.3) is 0 Å². The van der Waals surface area contributed by atoms with Crippen LogP contribution in [0.5, 0.6) is 5.75 Å². The van der Waals surface area contributed by atoms with Gasteiger partial charge in [0.25, 0.3) is 0 Å². The third-order valence-corrected chi connectivity index (χ3v) is 3.11. The zero-order valence-electron chi connectivity index (χ0n) is 10.2. The number of nitrogens with one attached hydrogen (secondary N) is 1. The molecule has 0 aliphatic carbocycles. The van der Waals surface area contributed by atoms with Crippen LogP contribution in [-0.4, -0.2) is 17.7 Å². The summed E-state index contributed by atoms with van der Waals surface area (Å²) >= 11 is 0. The molecule has 0 saturated carbocycles. The van der Waals surface area contributed by atoms with Gasteiger partial charge in [0.05, 0.1) is 12.9 Å². The molecule has 5 heteroatoms. The molecule has 0 unspecified atom stereocenters. The van der Waals surface area contributed by atoms with E-state index in [0.717, 1.165) is 24.5 Å². The Labute approximate surface area is 109 Å². The van der Waals surface area contributed by atoms with Gasteiger partial charge in [0.2, 0.25) is 5.76 Å². The highest BCUT2D eigenvalue weighted by Crippen LogP contribution is 2.28. The van der Waals surface area contributed by atoms with Crippen molar-refractivity contribution in [3.8, 4) is 5.75 Å². The molecule has 1 aliphatic rings. The molecular weight excluding hydrogens is 246 g/mol. The third kappa shape index (κ3) is 2.27. The van der Waals surface area contributed by atoms with E-state index in [1.54, 1.807) is 6.07 Å². The van der Waals surface area contributed by atoms with Crippen LogP contribution in [-0.2, 0) is 13.0 Å². The van der Waals surface area contributed by atoms with Crippen LogP contribution in [0.2, 0.25) is 0 Å². The Balaban J connectivity index is 1.72. The molecule has 0 radical (unpaired) electrons. The number of ether oxygens (including phenoxy) is 1. The first-order valence-corrected chi connectivity index (χ1v) is 6.03. The number of carboxylic acids is 1. The van der Waals surface area contributed by atoms with Crippen molar-refractivity contribution in [3.05, 3.63) is 47.4 Å². The summed E-state index contributed by atoms with van der Waals surface area (Å²) in [5, 5.41) is 12.1. The van der Waals surface area contributed by atoms with E-state index in [1.165, 1.54) is 11.8 Å². The maximum atomic E-state index is 10.9. The van der Waals surface area contributed by atoms with Crippen molar-refractivity contribution in [2.45, 2.75) is 13.0 Å². The van der Waals surface area contributed by atoms with Crippen molar-refractivity contribution in [2.24, 2.45) is 0 Å². The van der Waals surface area contributed by atoms with Crippen molar-refractivity contribution < 1.29 is 19.1 Å². The molecule has 19 heavy (non-hydrogen) atoms. The number of hydrogen-bond donors (Lipinski definition) is 2. The van der Waals surface area contributed by atoms with Crippen LogP contribution < -0.4 is 10.1 Å². The summed E-state index contributed by atoms with van der Waals surface area (Å²) in [5.74, 6) is -0.138. The smallest absolute Gasteiger partial charge is 0.372 e. The molecule has 2 heterocycles. The SMILES string of the molecule is O=C(O)c1occc1CNc1ccc2c(c1)CCO2. The number of furan rings is 1. The maximum Gasteiger partial charge on any atom is 0.372 e.